The molecule has 6 N–H and O–H groups in total. The number of fused-ring (bicyclic) bond motifs is 1. The van der Waals surface area contributed by atoms with Gasteiger partial charge in [0.05, 0.1) is 6.42 Å². The number of para-hydroxylation sites is 2. The SMILES string of the molecule is Cc1ccccc1NC(=O)NCCCCC(CC(=O)O)NC(=O)C(C)(Cc1c[nH]c2ccccc12)NC(=O)OC1C2CC3CC(C2)CC1C3. The monoisotopic (exact) mass is 671 g/mol. The lowest BCUT2D eigenvalue weighted by Crippen LogP contribution is -2.61. The van der Waals surface area contributed by atoms with Crippen molar-refractivity contribution in [1.29, 1.82) is 0 Å². The molecule has 2 aromatic carbocycles. The predicted molar refractivity (Wildman–Crippen MR) is 187 cm³/mol. The van der Waals surface area contributed by atoms with Crippen molar-refractivity contribution >= 4 is 40.6 Å². The highest BCUT2D eigenvalue weighted by molar-refractivity contribution is 5.92. The molecule has 262 valence electrons. The van der Waals surface area contributed by atoms with Gasteiger partial charge in [0.25, 0.3) is 0 Å². The molecule has 0 radical (unpaired) electrons. The number of H-pyrrole nitrogens is 1. The van der Waals surface area contributed by atoms with E-state index in [-0.39, 0.29) is 25.0 Å². The number of aryl methyl sites for hydroxylation is 1. The molecule has 1 aromatic heterocycles. The third-order valence-corrected chi connectivity index (χ3v) is 10.9. The van der Waals surface area contributed by atoms with Gasteiger partial charge < -0.3 is 36.1 Å². The summed E-state index contributed by atoms with van der Waals surface area (Å²) in [5.41, 5.74) is 2.04. The summed E-state index contributed by atoms with van der Waals surface area (Å²) in [4.78, 5) is 55.1. The molecule has 4 fully saturated rings. The highest BCUT2D eigenvalue weighted by atomic mass is 16.6. The number of alkyl carbamates (subject to hydrolysis) is 1. The van der Waals surface area contributed by atoms with Crippen molar-refractivity contribution in [1.82, 2.24) is 20.9 Å². The van der Waals surface area contributed by atoms with Gasteiger partial charge >= 0.3 is 18.1 Å². The number of nitrogens with one attached hydrogen (secondary N) is 5. The molecule has 7 rings (SSSR count). The molecule has 2 unspecified atom stereocenters. The Hall–Kier alpha value is -4.54. The molecule has 11 heteroatoms. The number of ether oxygens (including phenoxy) is 1. The number of carboxylic acid groups (broad SMARTS) is 1. The molecular weight excluding hydrogens is 622 g/mol. The summed E-state index contributed by atoms with van der Waals surface area (Å²) in [6.07, 6.45) is 8.26. The number of amides is 4. The molecule has 4 aliphatic carbocycles. The van der Waals surface area contributed by atoms with Crippen LogP contribution in [0.3, 0.4) is 0 Å². The molecule has 11 nitrogen and oxygen atoms in total. The number of unbranched alkanes of at least 4 members (excludes halogenated alkanes) is 1. The Morgan fingerprint density at radius 1 is 0.959 bits per heavy atom. The third-order valence-electron chi connectivity index (χ3n) is 10.9. The van der Waals surface area contributed by atoms with Crippen molar-refractivity contribution in [2.75, 3.05) is 11.9 Å². The van der Waals surface area contributed by atoms with Gasteiger partial charge in [0.2, 0.25) is 5.91 Å². The molecule has 4 amide bonds. The number of carbonyl (C=O) groups is 4. The Labute approximate surface area is 287 Å². The number of aromatic nitrogens is 1. The zero-order valence-electron chi connectivity index (χ0n) is 28.4. The van der Waals surface area contributed by atoms with Crippen LogP contribution in [-0.4, -0.2) is 58.3 Å². The summed E-state index contributed by atoms with van der Waals surface area (Å²) >= 11 is 0. The van der Waals surface area contributed by atoms with Crippen molar-refractivity contribution in [3.05, 3.63) is 65.9 Å². The van der Waals surface area contributed by atoms with E-state index >= 15 is 0 Å². The van der Waals surface area contributed by atoms with Gasteiger partial charge in [-0.2, -0.15) is 0 Å². The maximum Gasteiger partial charge on any atom is 0.408 e. The standard InChI is InChI=1S/C38H49N5O6/c1-23-9-3-5-12-31(23)42-36(47)39-14-8-7-10-29(20-33(44)45)41-35(46)38(2,21-28-22-40-32-13-6-4-11-30(28)32)43-37(48)49-34-26-16-24-15-25(18-26)19-27(34)17-24/h3-6,9,11-13,22,24-27,29,34,40H,7-8,10,14-21H2,1-2H3,(H,41,46)(H,43,48)(H,44,45)(H2,39,42,47). The number of hydrogen-bond donors (Lipinski definition) is 6. The van der Waals surface area contributed by atoms with Crippen LogP contribution in [0.25, 0.3) is 10.9 Å². The summed E-state index contributed by atoms with van der Waals surface area (Å²) < 4.78 is 6.13. The van der Waals surface area contributed by atoms with E-state index < -0.39 is 29.6 Å². The van der Waals surface area contributed by atoms with Crippen molar-refractivity contribution in [3.8, 4) is 0 Å². The van der Waals surface area contributed by atoms with Crippen LogP contribution < -0.4 is 21.3 Å². The molecule has 49 heavy (non-hydrogen) atoms. The number of anilines is 1. The van der Waals surface area contributed by atoms with E-state index in [2.05, 4.69) is 26.3 Å². The second-order valence-electron chi connectivity index (χ2n) is 14.8. The zero-order valence-corrected chi connectivity index (χ0v) is 28.4. The number of benzene rings is 2. The van der Waals surface area contributed by atoms with Crippen LogP contribution in [0, 0.1) is 30.6 Å². The van der Waals surface area contributed by atoms with Gasteiger partial charge in [0.15, 0.2) is 0 Å². The van der Waals surface area contributed by atoms with Crippen LogP contribution in [0.5, 0.6) is 0 Å². The van der Waals surface area contributed by atoms with E-state index in [0.29, 0.717) is 37.6 Å². The van der Waals surface area contributed by atoms with Gasteiger partial charge in [-0.1, -0.05) is 36.4 Å². The Bertz CT molecular complexity index is 1640. The number of hydrogen-bond acceptors (Lipinski definition) is 5. The Balaban J connectivity index is 1.09. The van der Waals surface area contributed by atoms with Crippen molar-refractivity contribution in [3.63, 3.8) is 0 Å². The Kier molecular flexibility index (Phi) is 10.5. The number of carboxylic acids is 1. The number of rotatable bonds is 14. The summed E-state index contributed by atoms with van der Waals surface area (Å²) in [6, 6.07) is 14.3. The lowest BCUT2D eigenvalue weighted by atomic mass is 9.55. The van der Waals surface area contributed by atoms with Crippen LogP contribution in [0.2, 0.25) is 0 Å². The molecule has 0 saturated heterocycles. The van der Waals surface area contributed by atoms with Gasteiger partial charge in [-0.3, -0.25) is 9.59 Å². The van der Waals surface area contributed by atoms with Crippen LogP contribution in [0.1, 0.15) is 75.8 Å². The smallest absolute Gasteiger partial charge is 0.408 e. The largest absolute Gasteiger partial charge is 0.481 e. The van der Waals surface area contributed by atoms with E-state index in [9.17, 15) is 24.3 Å². The highest BCUT2D eigenvalue weighted by Gasteiger charge is 2.50. The zero-order chi connectivity index (χ0) is 34.5. The average Bonchev–Trinajstić information content (AvgIpc) is 3.45. The maximum atomic E-state index is 14.1. The van der Waals surface area contributed by atoms with Crippen molar-refractivity contribution in [2.24, 2.45) is 23.7 Å². The van der Waals surface area contributed by atoms with E-state index in [1.165, 1.54) is 6.42 Å². The second kappa shape index (κ2) is 14.9. The fourth-order valence-electron chi connectivity index (χ4n) is 8.66. The van der Waals surface area contributed by atoms with E-state index in [0.717, 1.165) is 65.2 Å². The van der Waals surface area contributed by atoms with Crippen LogP contribution in [0.15, 0.2) is 54.7 Å². The van der Waals surface area contributed by atoms with Gasteiger partial charge in [-0.25, -0.2) is 9.59 Å². The van der Waals surface area contributed by atoms with Crippen LogP contribution in [-0.2, 0) is 20.7 Å². The first kappa shape index (κ1) is 34.3. The molecule has 4 aliphatic rings. The number of aliphatic carboxylic acids is 1. The van der Waals surface area contributed by atoms with E-state index in [1.807, 2.05) is 61.7 Å². The van der Waals surface area contributed by atoms with E-state index in [1.54, 1.807) is 6.92 Å². The van der Waals surface area contributed by atoms with Crippen molar-refractivity contribution < 1.29 is 29.0 Å². The Morgan fingerprint density at radius 2 is 1.65 bits per heavy atom. The molecular formula is C38H49N5O6. The number of urea groups is 1. The van der Waals surface area contributed by atoms with Crippen LogP contribution in [0.4, 0.5) is 15.3 Å². The van der Waals surface area contributed by atoms with Gasteiger partial charge in [0.1, 0.15) is 11.6 Å². The summed E-state index contributed by atoms with van der Waals surface area (Å²) in [5, 5.41) is 22.2. The minimum Gasteiger partial charge on any atom is -0.481 e. The molecule has 0 aliphatic heterocycles. The molecule has 1 heterocycles. The molecule has 4 saturated carbocycles. The van der Waals surface area contributed by atoms with Gasteiger partial charge in [-0.15, -0.1) is 0 Å². The second-order valence-corrected chi connectivity index (χ2v) is 14.8. The third kappa shape index (κ3) is 8.37. The fraction of sp³-hybridized carbons (Fsp3) is 0.526. The lowest BCUT2D eigenvalue weighted by molar-refractivity contribution is -0.138. The number of aromatic amines is 1. The molecule has 2 atom stereocenters. The first-order valence-corrected chi connectivity index (χ1v) is 17.7. The summed E-state index contributed by atoms with van der Waals surface area (Å²) in [5.74, 6) is 0.717. The fourth-order valence-corrected chi connectivity index (χ4v) is 8.66. The lowest BCUT2D eigenvalue weighted by Gasteiger charge is -2.53. The normalized spacial score (nSPS) is 24.1. The minimum absolute atomic E-state index is 0.139. The predicted octanol–water partition coefficient (Wildman–Crippen LogP) is 6.28. The number of carbonyl (C=O) groups excluding carboxylic acids is 3. The average molecular weight is 672 g/mol. The Morgan fingerprint density at radius 3 is 2.37 bits per heavy atom. The maximum absolute atomic E-state index is 14.1. The quantitative estimate of drug-likeness (QED) is 0.111. The minimum atomic E-state index is -1.42. The molecule has 4 bridgehead atoms. The van der Waals surface area contributed by atoms with E-state index in [4.69, 9.17) is 4.74 Å². The highest BCUT2D eigenvalue weighted by Crippen LogP contribution is 2.54. The van der Waals surface area contributed by atoms with Crippen LogP contribution >= 0.6 is 0 Å². The van der Waals surface area contributed by atoms with Gasteiger partial charge in [0, 0.05) is 41.8 Å². The topological polar surface area (TPSA) is 162 Å². The first-order valence-electron chi connectivity index (χ1n) is 17.7. The summed E-state index contributed by atoms with van der Waals surface area (Å²) in [6.45, 7) is 3.98. The van der Waals surface area contributed by atoms with Gasteiger partial charge in [-0.05, 0) is 112 Å². The first-order chi connectivity index (χ1) is 23.6. The summed E-state index contributed by atoms with van der Waals surface area (Å²) in [7, 11) is 0. The molecule has 0 spiro atoms. The molecule has 3 aromatic rings. The van der Waals surface area contributed by atoms with Crippen molar-refractivity contribution in [2.45, 2.75) is 95.7 Å².